The molecule has 0 aliphatic carbocycles. The second-order valence-electron chi connectivity index (χ2n) is 14.8. The van der Waals surface area contributed by atoms with Gasteiger partial charge in [0, 0.05) is 32.7 Å². The van der Waals surface area contributed by atoms with Crippen LogP contribution in [0.3, 0.4) is 0 Å². The van der Waals surface area contributed by atoms with Gasteiger partial charge in [0.1, 0.15) is 11.2 Å². The molecule has 0 atom stereocenters. The summed E-state index contributed by atoms with van der Waals surface area (Å²) in [6.07, 6.45) is 0. The van der Waals surface area contributed by atoms with Gasteiger partial charge in [0.25, 0.3) is 0 Å². The van der Waals surface area contributed by atoms with Crippen molar-refractivity contribution in [2.45, 2.75) is 0 Å². The average Bonchev–Trinajstić information content (AvgIpc) is 3.83. The molecule has 3 heterocycles. The van der Waals surface area contributed by atoms with Gasteiger partial charge in [-0.2, -0.15) is 9.97 Å². The molecular weight excluding hydrogens is 709 g/mol. The van der Waals surface area contributed by atoms with Crippen LogP contribution in [0.1, 0.15) is 0 Å². The monoisotopic (exact) mass is 740 g/mol. The van der Waals surface area contributed by atoms with E-state index in [0.717, 1.165) is 60.4 Å². The summed E-state index contributed by atoms with van der Waals surface area (Å²) in [4.78, 5) is 15.8. The van der Waals surface area contributed by atoms with Crippen LogP contribution in [0, 0.1) is 0 Å². The molecule has 0 saturated carbocycles. The lowest BCUT2D eigenvalue weighted by molar-refractivity contribution is 0.669. The summed E-state index contributed by atoms with van der Waals surface area (Å²) >= 11 is 0. The van der Waals surface area contributed by atoms with E-state index in [1.165, 1.54) is 38.2 Å². The maximum absolute atomic E-state index is 6.39. The molecule has 0 spiro atoms. The van der Waals surface area contributed by atoms with Crippen LogP contribution < -0.4 is 0 Å². The Hall–Kier alpha value is -7.89. The van der Waals surface area contributed by atoms with Gasteiger partial charge in [-0.25, -0.2) is 4.98 Å². The molecule has 0 unspecified atom stereocenters. The van der Waals surface area contributed by atoms with Crippen molar-refractivity contribution in [2.24, 2.45) is 0 Å². The Morgan fingerprint density at radius 3 is 1.72 bits per heavy atom. The molecule has 0 amide bonds. The topological polar surface area (TPSA) is 56.7 Å². The van der Waals surface area contributed by atoms with Gasteiger partial charge in [-0.15, -0.1) is 0 Å². The van der Waals surface area contributed by atoms with E-state index in [1.54, 1.807) is 0 Å². The minimum Gasteiger partial charge on any atom is -0.456 e. The lowest BCUT2D eigenvalue weighted by Crippen LogP contribution is -2.06. The number of hydrogen-bond acceptors (Lipinski definition) is 4. The Balaban J connectivity index is 1.07. The van der Waals surface area contributed by atoms with E-state index in [2.05, 4.69) is 193 Å². The van der Waals surface area contributed by atoms with Crippen LogP contribution >= 0.6 is 0 Å². The standard InChI is InChI=1S/C53H32N4O/c1-2-12-33(13-3-1)40-17-8-9-18-41(40)35-22-24-36(25-23-35)51-54-52(39-27-29-48-44(31-39)45-30-37-15-4-5-16-38(37)32-49(45)58-48)56-53(55-51)57-46-21-11-10-20-43(46)50-42-19-7-6-14-34(42)26-28-47(50)57/h1-32H. The highest BCUT2D eigenvalue weighted by Crippen LogP contribution is 2.39. The van der Waals surface area contributed by atoms with Gasteiger partial charge in [-0.3, -0.25) is 4.57 Å². The minimum atomic E-state index is 0.558. The zero-order valence-corrected chi connectivity index (χ0v) is 31.2. The maximum Gasteiger partial charge on any atom is 0.238 e. The Labute approximate surface area is 333 Å². The van der Waals surface area contributed by atoms with E-state index in [1.807, 2.05) is 6.07 Å². The van der Waals surface area contributed by atoms with Crippen molar-refractivity contribution in [3.8, 4) is 51.0 Å². The molecule has 12 aromatic rings. The van der Waals surface area contributed by atoms with Crippen LogP contribution in [0.15, 0.2) is 199 Å². The van der Waals surface area contributed by atoms with Crippen molar-refractivity contribution in [1.29, 1.82) is 0 Å². The number of hydrogen-bond donors (Lipinski definition) is 0. The molecule has 270 valence electrons. The third-order valence-electron chi connectivity index (χ3n) is 11.4. The number of benzene rings is 9. The molecule has 0 aliphatic rings. The highest BCUT2D eigenvalue weighted by atomic mass is 16.3. The lowest BCUT2D eigenvalue weighted by atomic mass is 9.94. The second-order valence-corrected chi connectivity index (χ2v) is 14.8. The van der Waals surface area contributed by atoms with E-state index in [0.29, 0.717) is 17.6 Å². The first-order valence-electron chi connectivity index (χ1n) is 19.5. The largest absolute Gasteiger partial charge is 0.456 e. The summed E-state index contributed by atoms with van der Waals surface area (Å²) in [6, 6.07) is 68.1. The number of para-hydroxylation sites is 1. The molecule has 58 heavy (non-hydrogen) atoms. The summed E-state index contributed by atoms with van der Waals surface area (Å²) in [7, 11) is 0. The first kappa shape index (κ1) is 32.4. The van der Waals surface area contributed by atoms with E-state index in [9.17, 15) is 0 Å². The zero-order valence-electron chi connectivity index (χ0n) is 31.2. The number of nitrogens with zero attached hydrogens (tertiary/aromatic N) is 4. The molecule has 12 rings (SSSR count). The van der Waals surface area contributed by atoms with Gasteiger partial charge in [-0.05, 0) is 86.3 Å². The fourth-order valence-corrected chi connectivity index (χ4v) is 8.68. The predicted molar refractivity (Wildman–Crippen MR) is 238 cm³/mol. The van der Waals surface area contributed by atoms with Crippen molar-refractivity contribution < 1.29 is 4.42 Å². The summed E-state index contributed by atoms with van der Waals surface area (Å²) < 4.78 is 8.57. The summed E-state index contributed by atoms with van der Waals surface area (Å²) in [5, 5.41) is 9.11. The highest BCUT2D eigenvalue weighted by Gasteiger charge is 2.20. The lowest BCUT2D eigenvalue weighted by Gasteiger charge is -2.12. The van der Waals surface area contributed by atoms with Crippen LogP contribution in [0.5, 0.6) is 0 Å². The predicted octanol–water partition coefficient (Wildman–Crippen LogP) is 13.8. The quantitative estimate of drug-likeness (QED) is 0.176. The normalized spacial score (nSPS) is 11.8. The second kappa shape index (κ2) is 12.8. The minimum absolute atomic E-state index is 0.558. The molecule has 5 heteroatoms. The molecule has 0 N–H and O–H groups in total. The van der Waals surface area contributed by atoms with Gasteiger partial charge in [0.05, 0.1) is 11.0 Å². The first-order valence-corrected chi connectivity index (χ1v) is 19.5. The van der Waals surface area contributed by atoms with Gasteiger partial charge < -0.3 is 4.42 Å². The number of aromatic nitrogens is 4. The fourth-order valence-electron chi connectivity index (χ4n) is 8.68. The number of rotatable bonds is 5. The van der Waals surface area contributed by atoms with Crippen LogP contribution in [-0.4, -0.2) is 19.5 Å². The van der Waals surface area contributed by atoms with E-state index >= 15 is 0 Å². The van der Waals surface area contributed by atoms with Crippen molar-refractivity contribution >= 4 is 65.3 Å². The van der Waals surface area contributed by atoms with Crippen LogP contribution in [0.2, 0.25) is 0 Å². The Morgan fingerprint density at radius 2 is 0.931 bits per heavy atom. The van der Waals surface area contributed by atoms with Crippen molar-refractivity contribution in [3.63, 3.8) is 0 Å². The summed E-state index contributed by atoms with van der Waals surface area (Å²) in [6.45, 7) is 0. The summed E-state index contributed by atoms with van der Waals surface area (Å²) in [5.74, 6) is 1.74. The highest BCUT2D eigenvalue weighted by molar-refractivity contribution is 6.21. The van der Waals surface area contributed by atoms with Crippen LogP contribution in [-0.2, 0) is 0 Å². The zero-order chi connectivity index (χ0) is 38.2. The molecule has 0 aliphatic heterocycles. The molecule has 0 saturated heterocycles. The van der Waals surface area contributed by atoms with E-state index in [-0.39, 0.29) is 0 Å². The van der Waals surface area contributed by atoms with Gasteiger partial charge in [0.15, 0.2) is 11.6 Å². The molecule has 5 nitrogen and oxygen atoms in total. The van der Waals surface area contributed by atoms with Crippen molar-refractivity contribution in [1.82, 2.24) is 19.5 Å². The maximum atomic E-state index is 6.39. The van der Waals surface area contributed by atoms with Crippen molar-refractivity contribution in [2.75, 3.05) is 0 Å². The first-order chi connectivity index (χ1) is 28.7. The molecular formula is C53H32N4O. The van der Waals surface area contributed by atoms with Gasteiger partial charge in [0.2, 0.25) is 5.95 Å². The third-order valence-corrected chi connectivity index (χ3v) is 11.4. The SMILES string of the molecule is c1ccc(-c2ccccc2-c2ccc(-c3nc(-c4ccc5oc6cc7ccccc7cc6c5c4)nc(-n4c5ccccc5c5c6ccccc6ccc54)n3)cc2)cc1. The molecule has 3 aromatic heterocycles. The fraction of sp³-hybridized carbons (Fsp3) is 0. The molecule has 0 radical (unpaired) electrons. The Bertz CT molecular complexity index is 3560. The Morgan fingerprint density at radius 1 is 0.345 bits per heavy atom. The van der Waals surface area contributed by atoms with Crippen LogP contribution in [0.25, 0.3) is 116 Å². The average molecular weight is 741 g/mol. The van der Waals surface area contributed by atoms with Crippen molar-refractivity contribution in [3.05, 3.63) is 194 Å². The van der Waals surface area contributed by atoms with Gasteiger partial charge in [-0.1, -0.05) is 152 Å². The third kappa shape index (κ3) is 5.14. The molecule has 0 bridgehead atoms. The van der Waals surface area contributed by atoms with E-state index < -0.39 is 0 Å². The summed E-state index contributed by atoms with van der Waals surface area (Å²) in [5.41, 5.74) is 10.2. The van der Waals surface area contributed by atoms with Gasteiger partial charge >= 0.3 is 0 Å². The number of fused-ring (bicyclic) bond motifs is 9. The Kier molecular flexibility index (Phi) is 7.16. The molecule has 9 aromatic carbocycles. The smallest absolute Gasteiger partial charge is 0.238 e. The van der Waals surface area contributed by atoms with Crippen LogP contribution in [0.4, 0.5) is 0 Å². The van der Waals surface area contributed by atoms with E-state index in [4.69, 9.17) is 19.4 Å². The molecule has 0 fully saturated rings. The number of furan rings is 1.